The van der Waals surface area contributed by atoms with Crippen LogP contribution in [-0.2, 0) is 10.0 Å². The van der Waals surface area contributed by atoms with Gasteiger partial charge in [0.25, 0.3) is 0 Å². The fourth-order valence-corrected chi connectivity index (χ4v) is 4.25. The first-order valence-electron chi connectivity index (χ1n) is 6.89. The summed E-state index contributed by atoms with van der Waals surface area (Å²) in [6.45, 7) is 2.75. The van der Waals surface area contributed by atoms with Crippen LogP contribution in [-0.4, -0.2) is 36.9 Å². The molecule has 1 aliphatic heterocycles. The zero-order chi connectivity index (χ0) is 15.6. The van der Waals surface area contributed by atoms with E-state index in [0.717, 1.165) is 37.5 Å². The van der Waals surface area contributed by atoms with Crippen LogP contribution in [0.4, 0.5) is 4.39 Å². The zero-order valence-electron chi connectivity index (χ0n) is 11.8. The number of halogens is 1. The molecule has 0 unspecified atom stereocenters. The highest BCUT2D eigenvalue weighted by atomic mass is 32.2. The van der Waals surface area contributed by atoms with Gasteiger partial charge in [-0.05, 0) is 37.0 Å². The smallest absolute Gasteiger partial charge is 0.337 e. The quantitative estimate of drug-likeness (QED) is 0.925. The molecule has 116 valence electrons. The van der Waals surface area contributed by atoms with Crippen LogP contribution in [0.25, 0.3) is 0 Å². The van der Waals surface area contributed by atoms with Crippen LogP contribution in [0, 0.1) is 11.7 Å². The van der Waals surface area contributed by atoms with E-state index in [2.05, 4.69) is 6.92 Å². The monoisotopic (exact) mass is 315 g/mol. The molecule has 1 N–H and O–H groups in total. The Morgan fingerprint density at radius 3 is 2.52 bits per heavy atom. The summed E-state index contributed by atoms with van der Waals surface area (Å²) in [5.41, 5.74) is -0.394. The molecule has 7 heteroatoms. The van der Waals surface area contributed by atoms with Gasteiger partial charge in [-0.2, -0.15) is 4.31 Å². The second kappa shape index (κ2) is 6.11. The van der Waals surface area contributed by atoms with E-state index in [0.29, 0.717) is 19.0 Å². The van der Waals surface area contributed by atoms with Gasteiger partial charge in [-0.15, -0.1) is 0 Å². The minimum absolute atomic E-state index is 0.344. The number of hydrogen-bond acceptors (Lipinski definition) is 3. The van der Waals surface area contributed by atoms with Crippen molar-refractivity contribution < 1.29 is 22.7 Å². The number of aromatic carboxylic acids is 1. The molecular weight excluding hydrogens is 297 g/mol. The molecule has 0 aliphatic carbocycles. The Morgan fingerprint density at radius 2 is 2.00 bits per heavy atom. The number of carboxylic acids is 1. The maximum Gasteiger partial charge on any atom is 0.337 e. The standard InChI is InChI=1S/C14H18FNO4S/c1-2-10-5-7-16(8-6-10)21(19,20)13-9-11(15)3-4-12(13)14(17)18/h3-4,9-10H,2,5-8H2,1H3,(H,17,18). The molecule has 0 saturated carbocycles. The van der Waals surface area contributed by atoms with Crippen LogP contribution < -0.4 is 0 Å². The number of carboxylic acid groups (broad SMARTS) is 1. The highest BCUT2D eigenvalue weighted by Gasteiger charge is 2.32. The predicted molar refractivity (Wildman–Crippen MR) is 75.1 cm³/mol. The molecule has 1 aromatic carbocycles. The van der Waals surface area contributed by atoms with Crippen molar-refractivity contribution in [2.75, 3.05) is 13.1 Å². The first-order valence-corrected chi connectivity index (χ1v) is 8.33. The van der Waals surface area contributed by atoms with Crippen LogP contribution in [0.1, 0.15) is 36.5 Å². The van der Waals surface area contributed by atoms with Crippen LogP contribution in [0.2, 0.25) is 0 Å². The van der Waals surface area contributed by atoms with Crippen LogP contribution in [0.3, 0.4) is 0 Å². The normalized spacial score (nSPS) is 17.8. The number of piperidine rings is 1. The largest absolute Gasteiger partial charge is 0.478 e. The number of carbonyl (C=O) groups is 1. The fraction of sp³-hybridized carbons (Fsp3) is 0.500. The van der Waals surface area contributed by atoms with E-state index in [1.807, 2.05) is 0 Å². The Labute approximate surface area is 123 Å². The lowest BCUT2D eigenvalue weighted by Crippen LogP contribution is -2.38. The molecular formula is C14H18FNO4S. The number of sulfonamides is 1. The van der Waals surface area contributed by atoms with Gasteiger partial charge in [0.2, 0.25) is 10.0 Å². The molecule has 0 atom stereocenters. The molecule has 0 radical (unpaired) electrons. The average Bonchev–Trinajstić information content (AvgIpc) is 2.47. The lowest BCUT2D eigenvalue weighted by Gasteiger charge is -2.31. The average molecular weight is 315 g/mol. The molecule has 5 nitrogen and oxygen atoms in total. The molecule has 1 fully saturated rings. The van der Waals surface area contributed by atoms with Gasteiger partial charge >= 0.3 is 5.97 Å². The third kappa shape index (κ3) is 3.24. The molecule has 0 spiro atoms. The molecule has 1 saturated heterocycles. The number of benzene rings is 1. The van der Waals surface area contributed by atoms with Crippen molar-refractivity contribution in [2.24, 2.45) is 5.92 Å². The zero-order valence-corrected chi connectivity index (χ0v) is 12.6. The molecule has 2 rings (SSSR count). The maximum atomic E-state index is 13.3. The van der Waals surface area contributed by atoms with E-state index >= 15 is 0 Å². The summed E-state index contributed by atoms with van der Waals surface area (Å²) < 4.78 is 39.7. The maximum absolute atomic E-state index is 13.3. The summed E-state index contributed by atoms with van der Waals surface area (Å²) in [6, 6.07) is 2.72. The van der Waals surface area contributed by atoms with Crippen molar-refractivity contribution in [1.82, 2.24) is 4.31 Å². The van der Waals surface area contributed by atoms with Crippen molar-refractivity contribution >= 4 is 16.0 Å². The molecule has 1 aromatic rings. The van der Waals surface area contributed by atoms with E-state index in [1.165, 1.54) is 4.31 Å². The van der Waals surface area contributed by atoms with Gasteiger partial charge in [-0.3, -0.25) is 0 Å². The second-order valence-corrected chi connectivity index (χ2v) is 7.11. The summed E-state index contributed by atoms with van der Waals surface area (Å²) in [5, 5.41) is 9.09. The highest BCUT2D eigenvalue weighted by molar-refractivity contribution is 7.89. The van der Waals surface area contributed by atoms with Gasteiger partial charge in [0.1, 0.15) is 5.82 Å². The van der Waals surface area contributed by atoms with Gasteiger partial charge in [0, 0.05) is 13.1 Å². The lowest BCUT2D eigenvalue weighted by molar-refractivity contribution is 0.0692. The van der Waals surface area contributed by atoms with Crippen LogP contribution >= 0.6 is 0 Å². The first kappa shape index (κ1) is 15.9. The van der Waals surface area contributed by atoms with Crippen molar-refractivity contribution in [3.63, 3.8) is 0 Å². The van der Waals surface area contributed by atoms with Crippen molar-refractivity contribution in [1.29, 1.82) is 0 Å². The number of hydrogen-bond donors (Lipinski definition) is 1. The Hall–Kier alpha value is -1.47. The number of rotatable bonds is 4. The Morgan fingerprint density at radius 1 is 1.38 bits per heavy atom. The lowest BCUT2D eigenvalue weighted by atomic mass is 9.96. The first-order chi connectivity index (χ1) is 9.86. The van der Waals surface area contributed by atoms with E-state index in [1.54, 1.807) is 0 Å². The Bertz CT molecular complexity index is 636. The number of nitrogens with zero attached hydrogens (tertiary/aromatic N) is 1. The molecule has 21 heavy (non-hydrogen) atoms. The summed E-state index contributed by atoms with van der Waals surface area (Å²) in [5.74, 6) is -1.65. The summed E-state index contributed by atoms with van der Waals surface area (Å²) in [7, 11) is -3.98. The van der Waals surface area contributed by atoms with E-state index in [-0.39, 0.29) is 0 Å². The van der Waals surface area contributed by atoms with E-state index < -0.39 is 32.3 Å². The minimum Gasteiger partial charge on any atom is -0.478 e. The van der Waals surface area contributed by atoms with Crippen molar-refractivity contribution in [2.45, 2.75) is 31.1 Å². The summed E-state index contributed by atoms with van der Waals surface area (Å²) in [4.78, 5) is 10.7. The van der Waals surface area contributed by atoms with Crippen LogP contribution in [0.5, 0.6) is 0 Å². The van der Waals surface area contributed by atoms with Gasteiger partial charge in [-0.25, -0.2) is 17.6 Å². The van der Waals surface area contributed by atoms with E-state index in [4.69, 9.17) is 5.11 Å². The third-order valence-corrected chi connectivity index (χ3v) is 5.88. The Balaban J connectivity index is 2.36. The second-order valence-electron chi connectivity index (χ2n) is 5.20. The fourth-order valence-electron chi connectivity index (χ4n) is 2.58. The minimum atomic E-state index is -3.98. The van der Waals surface area contributed by atoms with Crippen LogP contribution in [0.15, 0.2) is 23.1 Å². The molecule has 0 aromatic heterocycles. The molecule has 1 aliphatic rings. The van der Waals surface area contributed by atoms with Crippen molar-refractivity contribution in [3.8, 4) is 0 Å². The van der Waals surface area contributed by atoms with Gasteiger partial charge < -0.3 is 5.11 Å². The predicted octanol–water partition coefficient (Wildman–Crippen LogP) is 2.33. The van der Waals surface area contributed by atoms with Crippen molar-refractivity contribution in [3.05, 3.63) is 29.6 Å². The molecule has 1 heterocycles. The van der Waals surface area contributed by atoms with Gasteiger partial charge in [-0.1, -0.05) is 13.3 Å². The van der Waals surface area contributed by atoms with Gasteiger partial charge in [0.15, 0.2) is 0 Å². The Kier molecular flexibility index (Phi) is 4.63. The van der Waals surface area contributed by atoms with E-state index in [9.17, 15) is 17.6 Å². The topological polar surface area (TPSA) is 74.7 Å². The molecule has 0 amide bonds. The van der Waals surface area contributed by atoms with Gasteiger partial charge in [0.05, 0.1) is 10.5 Å². The summed E-state index contributed by atoms with van der Waals surface area (Å²) in [6.07, 6.45) is 2.48. The summed E-state index contributed by atoms with van der Waals surface area (Å²) >= 11 is 0. The molecule has 0 bridgehead atoms. The highest BCUT2D eigenvalue weighted by Crippen LogP contribution is 2.27. The third-order valence-electron chi connectivity index (χ3n) is 3.94. The SMILES string of the molecule is CCC1CCN(S(=O)(=O)c2cc(F)ccc2C(=O)O)CC1.